The largest absolute Gasteiger partial charge is 0.320 e. The molecule has 0 saturated heterocycles. The zero-order chi connectivity index (χ0) is 14.6. The molecular weight excluding hydrogens is 246 g/mol. The van der Waals surface area contributed by atoms with Crippen molar-refractivity contribution in [3.05, 3.63) is 33.9 Å². The van der Waals surface area contributed by atoms with Crippen LogP contribution in [-0.2, 0) is 4.79 Å². The van der Waals surface area contributed by atoms with Crippen LogP contribution in [0.5, 0.6) is 0 Å². The van der Waals surface area contributed by atoms with E-state index in [0.717, 1.165) is 12.0 Å². The lowest BCUT2D eigenvalue weighted by Crippen LogP contribution is -2.40. The number of aryl methyl sites for hydroxylation is 1. The number of hydrogen-bond acceptors (Lipinski definition) is 4. The number of anilines is 1. The lowest BCUT2D eigenvalue weighted by Gasteiger charge is -2.17. The van der Waals surface area contributed by atoms with E-state index in [1.165, 1.54) is 12.1 Å². The SMILES string of the molecule is CCC(C)[C@H](N)C(=O)Nc1ccc(C)cc1[N+](=O)[O-]. The molecule has 0 saturated carbocycles. The molecule has 1 amide bonds. The summed E-state index contributed by atoms with van der Waals surface area (Å²) in [6, 6.07) is 3.97. The van der Waals surface area contributed by atoms with Gasteiger partial charge in [0, 0.05) is 6.07 Å². The van der Waals surface area contributed by atoms with E-state index in [1.807, 2.05) is 13.8 Å². The van der Waals surface area contributed by atoms with Gasteiger partial charge in [0.05, 0.1) is 11.0 Å². The summed E-state index contributed by atoms with van der Waals surface area (Å²) in [5.74, 6) is -0.384. The van der Waals surface area contributed by atoms with Crippen molar-refractivity contribution in [2.45, 2.75) is 33.2 Å². The van der Waals surface area contributed by atoms with Crippen LogP contribution in [0.25, 0.3) is 0 Å². The van der Waals surface area contributed by atoms with E-state index < -0.39 is 16.9 Å². The Balaban J connectivity index is 2.94. The lowest BCUT2D eigenvalue weighted by molar-refractivity contribution is -0.384. The maximum Gasteiger partial charge on any atom is 0.293 e. The molecule has 2 atom stereocenters. The number of rotatable bonds is 5. The minimum atomic E-state index is -0.675. The van der Waals surface area contributed by atoms with Gasteiger partial charge < -0.3 is 11.1 Å². The van der Waals surface area contributed by atoms with Crippen LogP contribution in [0.1, 0.15) is 25.8 Å². The van der Waals surface area contributed by atoms with E-state index >= 15 is 0 Å². The molecule has 0 heterocycles. The van der Waals surface area contributed by atoms with Crippen molar-refractivity contribution in [3.8, 4) is 0 Å². The third-order valence-electron chi connectivity index (χ3n) is 3.17. The number of amides is 1. The standard InChI is InChI=1S/C13H19N3O3/c1-4-9(3)12(14)13(17)15-10-6-5-8(2)7-11(10)16(18)19/h5-7,9,12H,4,14H2,1-3H3,(H,15,17)/t9?,12-/m0/s1. The smallest absolute Gasteiger partial charge is 0.293 e. The second kappa shape index (κ2) is 6.29. The highest BCUT2D eigenvalue weighted by molar-refractivity contribution is 5.96. The first kappa shape index (κ1) is 15.1. The van der Waals surface area contributed by atoms with Crippen molar-refractivity contribution in [2.24, 2.45) is 11.7 Å². The van der Waals surface area contributed by atoms with Gasteiger partial charge in [-0.3, -0.25) is 14.9 Å². The van der Waals surface area contributed by atoms with Gasteiger partial charge in [0.1, 0.15) is 5.69 Å². The van der Waals surface area contributed by atoms with Crippen LogP contribution in [0.15, 0.2) is 18.2 Å². The summed E-state index contributed by atoms with van der Waals surface area (Å²) in [7, 11) is 0. The average molecular weight is 265 g/mol. The third-order valence-corrected chi connectivity index (χ3v) is 3.17. The highest BCUT2D eigenvalue weighted by atomic mass is 16.6. The molecule has 1 aromatic rings. The summed E-state index contributed by atoms with van der Waals surface area (Å²) in [5, 5.41) is 13.5. The molecule has 0 aliphatic heterocycles. The number of nitro groups is 1. The molecule has 0 bridgehead atoms. The molecule has 3 N–H and O–H groups in total. The molecular formula is C13H19N3O3. The van der Waals surface area contributed by atoms with E-state index in [4.69, 9.17) is 5.73 Å². The van der Waals surface area contributed by atoms with Crippen molar-refractivity contribution in [3.63, 3.8) is 0 Å². The van der Waals surface area contributed by atoms with E-state index in [9.17, 15) is 14.9 Å². The van der Waals surface area contributed by atoms with E-state index in [1.54, 1.807) is 13.0 Å². The van der Waals surface area contributed by atoms with Crippen LogP contribution in [0, 0.1) is 23.0 Å². The molecule has 0 radical (unpaired) electrons. The van der Waals surface area contributed by atoms with Gasteiger partial charge in [-0.1, -0.05) is 26.3 Å². The summed E-state index contributed by atoms with van der Waals surface area (Å²) in [6.45, 7) is 5.56. The first-order valence-corrected chi connectivity index (χ1v) is 6.18. The third kappa shape index (κ3) is 3.75. The first-order valence-electron chi connectivity index (χ1n) is 6.18. The summed E-state index contributed by atoms with van der Waals surface area (Å²) in [4.78, 5) is 22.3. The van der Waals surface area contributed by atoms with Crippen molar-refractivity contribution in [2.75, 3.05) is 5.32 Å². The van der Waals surface area contributed by atoms with Crippen molar-refractivity contribution >= 4 is 17.3 Å². The number of carbonyl (C=O) groups excluding carboxylic acids is 1. The second-order valence-corrected chi connectivity index (χ2v) is 4.68. The Morgan fingerprint density at radius 2 is 2.16 bits per heavy atom. The monoisotopic (exact) mass is 265 g/mol. The molecule has 0 spiro atoms. The lowest BCUT2D eigenvalue weighted by atomic mass is 9.99. The fourth-order valence-corrected chi connectivity index (χ4v) is 1.63. The molecule has 1 aromatic carbocycles. The second-order valence-electron chi connectivity index (χ2n) is 4.68. The molecule has 6 heteroatoms. The topological polar surface area (TPSA) is 98.3 Å². The normalized spacial score (nSPS) is 13.7. The average Bonchev–Trinajstić information content (AvgIpc) is 2.38. The Bertz CT molecular complexity index is 488. The zero-order valence-electron chi connectivity index (χ0n) is 11.3. The first-order chi connectivity index (χ1) is 8.86. The van der Waals surface area contributed by atoms with E-state index in [0.29, 0.717) is 0 Å². The van der Waals surface area contributed by atoms with Gasteiger partial charge in [-0.25, -0.2) is 0 Å². The van der Waals surface area contributed by atoms with Crippen molar-refractivity contribution < 1.29 is 9.72 Å². The van der Waals surface area contributed by atoms with Crippen LogP contribution in [0.4, 0.5) is 11.4 Å². The van der Waals surface area contributed by atoms with Gasteiger partial charge in [-0.2, -0.15) is 0 Å². The summed E-state index contributed by atoms with van der Waals surface area (Å²) < 4.78 is 0. The quantitative estimate of drug-likeness (QED) is 0.630. The predicted molar refractivity (Wildman–Crippen MR) is 73.9 cm³/mol. The number of nitrogens with zero attached hydrogens (tertiary/aromatic N) is 1. The van der Waals surface area contributed by atoms with Crippen LogP contribution in [-0.4, -0.2) is 16.9 Å². The number of carbonyl (C=O) groups is 1. The van der Waals surface area contributed by atoms with Gasteiger partial charge in [0.25, 0.3) is 5.69 Å². The Hall–Kier alpha value is -1.95. The highest BCUT2D eigenvalue weighted by Crippen LogP contribution is 2.25. The van der Waals surface area contributed by atoms with E-state index in [-0.39, 0.29) is 17.3 Å². The maximum atomic E-state index is 11.9. The Morgan fingerprint density at radius 3 is 2.68 bits per heavy atom. The maximum absolute atomic E-state index is 11.9. The van der Waals surface area contributed by atoms with Crippen LogP contribution >= 0.6 is 0 Å². The molecule has 0 aromatic heterocycles. The van der Waals surface area contributed by atoms with Crippen LogP contribution < -0.4 is 11.1 Å². The van der Waals surface area contributed by atoms with Gasteiger partial charge in [-0.05, 0) is 24.5 Å². The Labute approximate surface area is 112 Å². The molecule has 0 aliphatic carbocycles. The molecule has 0 fully saturated rings. The van der Waals surface area contributed by atoms with Gasteiger partial charge in [0.15, 0.2) is 0 Å². The van der Waals surface area contributed by atoms with Crippen molar-refractivity contribution in [1.29, 1.82) is 0 Å². The predicted octanol–water partition coefficient (Wildman–Crippen LogP) is 2.22. The molecule has 104 valence electrons. The molecule has 19 heavy (non-hydrogen) atoms. The minimum absolute atomic E-state index is 0.0181. The Morgan fingerprint density at radius 1 is 1.53 bits per heavy atom. The van der Waals surface area contributed by atoms with Gasteiger partial charge >= 0.3 is 0 Å². The highest BCUT2D eigenvalue weighted by Gasteiger charge is 2.22. The molecule has 1 rings (SSSR count). The minimum Gasteiger partial charge on any atom is -0.320 e. The van der Waals surface area contributed by atoms with E-state index in [2.05, 4.69) is 5.32 Å². The zero-order valence-corrected chi connectivity index (χ0v) is 11.3. The number of nitro benzene ring substituents is 1. The molecule has 0 aliphatic rings. The van der Waals surface area contributed by atoms with Crippen LogP contribution in [0.2, 0.25) is 0 Å². The number of hydrogen-bond donors (Lipinski definition) is 2. The van der Waals surface area contributed by atoms with Gasteiger partial charge in [0.2, 0.25) is 5.91 Å². The fourth-order valence-electron chi connectivity index (χ4n) is 1.63. The molecule has 1 unspecified atom stereocenters. The van der Waals surface area contributed by atoms with Crippen LogP contribution in [0.3, 0.4) is 0 Å². The number of benzene rings is 1. The summed E-state index contributed by atoms with van der Waals surface area (Å²) in [6.07, 6.45) is 0.768. The van der Waals surface area contributed by atoms with Gasteiger partial charge in [-0.15, -0.1) is 0 Å². The number of nitrogens with two attached hydrogens (primary N) is 1. The summed E-state index contributed by atoms with van der Waals surface area (Å²) >= 11 is 0. The Kier molecular flexibility index (Phi) is 5.00. The summed E-state index contributed by atoms with van der Waals surface area (Å²) in [5.41, 5.74) is 6.61. The van der Waals surface area contributed by atoms with Crippen molar-refractivity contribution in [1.82, 2.24) is 0 Å². The number of nitrogens with one attached hydrogen (secondary N) is 1. The fraction of sp³-hybridized carbons (Fsp3) is 0.462. The molecule has 6 nitrogen and oxygen atoms in total.